The SMILES string of the molecule is CC1(C)c2ccccc2-c2ccc(N(c3ccc4c(c3)C(C)(C)c3ccccc3-4)c3cc(-c4ccc(-c5ccccc5)cc4)cc4c3oc3c5ccccc5c5ccccc5c43)cc21. The van der Waals surface area contributed by atoms with E-state index < -0.39 is 0 Å². The normalized spacial score (nSPS) is 14.2. The molecular weight excluding hydrogens is 775 g/mol. The third-order valence-corrected chi connectivity index (χ3v) is 14.6. The number of fused-ring (bicyclic) bond motifs is 14. The van der Waals surface area contributed by atoms with Gasteiger partial charge in [-0.25, -0.2) is 0 Å². The molecule has 0 N–H and O–H groups in total. The maximum atomic E-state index is 7.42. The Bertz CT molecular complexity index is 3610. The quantitative estimate of drug-likeness (QED) is 0.161. The number of rotatable bonds is 5. The van der Waals surface area contributed by atoms with Crippen LogP contribution < -0.4 is 4.90 Å². The fraction of sp³-hybridized carbons (Fsp3) is 0.0968. The number of hydrogen-bond acceptors (Lipinski definition) is 2. The predicted octanol–water partition coefficient (Wildman–Crippen LogP) is 17.3. The highest BCUT2D eigenvalue weighted by atomic mass is 16.3. The minimum atomic E-state index is -0.177. The first-order chi connectivity index (χ1) is 31.3. The highest BCUT2D eigenvalue weighted by Gasteiger charge is 2.38. The molecule has 1 heterocycles. The van der Waals surface area contributed by atoms with Crippen molar-refractivity contribution in [1.82, 2.24) is 0 Å². The first kappa shape index (κ1) is 36.9. The van der Waals surface area contributed by atoms with Crippen molar-refractivity contribution >= 4 is 60.5 Å². The minimum Gasteiger partial charge on any atom is -0.453 e. The van der Waals surface area contributed by atoms with Crippen molar-refractivity contribution in [1.29, 1.82) is 0 Å². The van der Waals surface area contributed by atoms with Crippen molar-refractivity contribution in [3.05, 3.63) is 222 Å². The lowest BCUT2D eigenvalue weighted by molar-refractivity contribution is 0.660. The smallest absolute Gasteiger partial charge is 0.159 e. The molecule has 2 aliphatic rings. The first-order valence-corrected chi connectivity index (χ1v) is 22.5. The molecule has 0 saturated carbocycles. The summed E-state index contributed by atoms with van der Waals surface area (Å²) in [7, 11) is 0. The molecule has 0 amide bonds. The summed E-state index contributed by atoms with van der Waals surface area (Å²) in [5.41, 5.74) is 19.9. The van der Waals surface area contributed by atoms with Gasteiger partial charge in [-0.15, -0.1) is 0 Å². The third kappa shape index (κ3) is 5.20. The second-order valence-electron chi connectivity index (χ2n) is 18.8. The van der Waals surface area contributed by atoms with E-state index in [0.717, 1.165) is 55.5 Å². The van der Waals surface area contributed by atoms with Gasteiger partial charge >= 0.3 is 0 Å². The average Bonchev–Trinajstić information content (AvgIpc) is 3.92. The van der Waals surface area contributed by atoms with Crippen molar-refractivity contribution in [2.24, 2.45) is 0 Å². The van der Waals surface area contributed by atoms with E-state index >= 15 is 0 Å². The van der Waals surface area contributed by atoms with Crippen LogP contribution in [-0.2, 0) is 10.8 Å². The van der Waals surface area contributed by atoms with Gasteiger partial charge in [0.2, 0.25) is 0 Å². The standard InChI is InChI=1S/C62H45NO/c1-61(2)53-24-14-12-20-46(53)48-32-30-42(36-55(48)61)63(43-31-33-49-47-21-13-15-25-54(47)62(3,4)56(49)37-43)57-35-41(40-28-26-39(27-29-40)38-16-6-5-7-17-38)34-52-58-50-22-10-8-18-44(50)45-19-9-11-23-51(45)60(58)64-59(52)57/h5-37H,1-4H3. The molecule has 2 nitrogen and oxygen atoms in total. The van der Waals surface area contributed by atoms with Gasteiger partial charge in [-0.2, -0.15) is 0 Å². The van der Waals surface area contributed by atoms with Gasteiger partial charge in [0.15, 0.2) is 5.58 Å². The summed E-state index contributed by atoms with van der Waals surface area (Å²) >= 11 is 0. The number of hydrogen-bond donors (Lipinski definition) is 0. The highest BCUT2D eigenvalue weighted by molar-refractivity contribution is 6.31. The largest absolute Gasteiger partial charge is 0.453 e. The molecule has 2 heteroatoms. The molecular formula is C62H45NO. The summed E-state index contributed by atoms with van der Waals surface area (Å²) in [6.45, 7) is 9.48. The van der Waals surface area contributed by atoms with Crippen LogP contribution in [0.25, 0.3) is 88.0 Å². The van der Waals surface area contributed by atoms with Crippen LogP contribution in [0.3, 0.4) is 0 Å². The van der Waals surface area contributed by atoms with E-state index in [1.165, 1.54) is 71.8 Å². The Labute approximate surface area is 373 Å². The fourth-order valence-electron chi connectivity index (χ4n) is 11.4. The van der Waals surface area contributed by atoms with Gasteiger partial charge in [-0.3, -0.25) is 0 Å². The third-order valence-electron chi connectivity index (χ3n) is 14.6. The van der Waals surface area contributed by atoms with Crippen LogP contribution in [-0.4, -0.2) is 0 Å². The van der Waals surface area contributed by atoms with Crippen LogP contribution in [0.2, 0.25) is 0 Å². The van der Waals surface area contributed by atoms with Crippen LogP contribution in [0, 0.1) is 0 Å². The van der Waals surface area contributed by atoms with Crippen molar-refractivity contribution in [2.45, 2.75) is 38.5 Å². The van der Waals surface area contributed by atoms with E-state index in [-0.39, 0.29) is 10.8 Å². The lowest BCUT2D eigenvalue weighted by Crippen LogP contribution is -2.18. The van der Waals surface area contributed by atoms with E-state index in [1.807, 2.05) is 0 Å². The van der Waals surface area contributed by atoms with Crippen LogP contribution in [0.15, 0.2) is 205 Å². The molecule has 0 atom stereocenters. The van der Waals surface area contributed by atoms with Gasteiger partial charge in [0.05, 0.1) is 5.69 Å². The molecule has 0 radical (unpaired) electrons. The van der Waals surface area contributed by atoms with Crippen LogP contribution >= 0.6 is 0 Å². The van der Waals surface area contributed by atoms with E-state index in [9.17, 15) is 0 Å². The van der Waals surface area contributed by atoms with Gasteiger partial charge < -0.3 is 9.32 Å². The molecule has 2 aliphatic carbocycles. The van der Waals surface area contributed by atoms with Crippen LogP contribution in [0.4, 0.5) is 17.1 Å². The maximum absolute atomic E-state index is 7.42. The molecule has 0 aliphatic heterocycles. The van der Waals surface area contributed by atoms with Gasteiger partial charge in [0, 0.05) is 38.4 Å². The average molecular weight is 820 g/mol. The van der Waals surface area contributed by atoms with Gasteiger partial charge in [0.1, 0.15) is 5.58 Å². The molecule has 64 heavy (non-hydrogen) atoms. The summed E-state index contributed by atoms with van der Waals surface area (Å²) in [4.78, 5) is 2.48. The zero-order chi connectivity index (χ0) is 42.9. The van der Waals surface area contributed by atoms with Crippen molar-refractivity contribution in [2.75, 3.05) is 4.90 Å². The number of benzene rings is 10. The zero-order valence-electron chi connectivity index (χ0n) is 36.4. The summed E-state index contributed by atoms with van der Waals surface area (Å²) in [6, 6.07) is 74.0. The first-order valence-electron chi connectivity index (χ1n) is 22.5. The second-order valence-corrected chi connectivity index (χ2v) is 18.8. The molecule has 0 bridgehead atoms. The summed E-state index contributed by atoms with van der Waals surface area (Å²) < 4.78 is 7.42. The van der Waals surface area contributed by atoms with E-state index in [4.69, 9.17) is 4.42 Å². The van der Waals surface area contributed by atoms with Crippen molar-refractivity contribution in [3.63, 3.8) is 0 Å². The highest BCUT2D eigenvalue weighted by Crippen LogP contribution is 2.55. The Balaban J connectivity index is 1.13. The van der Waals surface area contributed by atoms with Crippen LogP contribution in [0.5, 0.6) is 0 Å². The monoisotopic (exact) mass is 819 g/mol. The Kier molecular flexibility index (Phi) is 7.74. The molecule has 11 aromatic rings. The van der Waals surface area contributed by atoms with Gasteiger partial charge in [0.25, 0.3) is 0 Å². The van der Waals surface area contributed by atoms with E-state index in [2.05, 4.69) is 233 Å². The summed E-state index contributed by atoms with van der Waals surface area (Å²) in [5.74, 6) is 0. The Morgan fingerprint density at radius 1 is 0.328 bits per heavy atom. The predicted molar refractivity (Wildman–Crippen MR) is 269 cm³/mol. The van der Waals surface area contributed by atoms with E-state index in [1.54, 1.807) is 0 Å². The van der Waals surface area contributed by atoms with Gasteiger partial charge in [-0.1, -0.05) is 191 Å². The molecule has 13 rings (SSSR count). The lowest BCUT2D eigenvalue weighted by Gasteiger charge is -2.30. The lowest BCUT2D eigenvalue weighted by atomic mass is 9.82. The van der Waals surface area contributed by atoms with Crippen LogP contribution in [0.1, 0.15) is 49.9 Å². The Morgan fingerprint density at radius 3 is 1.38 bits per heavy atom. The molecule has 0 unspecified atom stereocenters. The number of nitrogens with zero attached hydrogens (tertiary/aromatic N) is 1. The van der Waals surface area contributed by atoms with E-state index in [0.29, 0.717) is 0 Å². The molecule has 0 saturated heterocycles. The summed E-state index contributed by atoms with van der Waals surface area (Å²) in [6.07, 6.45) is 0. The second kappa shape index (κ2) is 13.4. The summed E-state index contributed by atoms with van der Waals surface area (Å²) in [5, 5.41) is 6.98. The minimum absolute atomic E-state index is 0.177. The zero-order valence-corrected chi connectivity index (χ0v) is 36.4. The Morgan fingerprint density at radius 2 is 0.781 bits per heavy atom. The maximum Gasteiger partial charge on any atom is 0.159 e. The molecule has 304 valence electrons. The van der Waals surface area contributed by atoms with Crippen molar-refractivity contribution in [3.8, 4) is 44.5 Å². The topological polar surface area (TPSA) is 16.4 Å². The van der Waals surface area contributed by atoms with Crippen molar-refractivity contribution < 1.29 is 4.42 Å². The molecule has 0 spiro atoms. The number of furan rings is 1. The number of anilines is 3. The molecule has 1 aromatic heterocycles. The molecule has 10 aromatic carbocycles. The van der Waals surface area contributed by atoms with Gasteiger partial charge in [-0.05, 0) is 119 Å². The fourth-order valence-corrected chi connectivity index (χ4v) is 11.4. The molecule has 0 fully saturated rings. The Hall–Kier alpha value is -7.68.